The van der Waals surface area contributed by atoms with Crippen LogP contribution in [0.2, 0.25) is 0 Å². The predicted molar refractivity (Wildman–Crippen MR) is 80.9 cm³/mol. The van der Waals surface area contributed by atoms with E-state index >= 15 is 0 Å². The Balaban J connectivity index is 2.30. The van der Waals surface area contributed by atoms with Crippen LogP contribution in [0.25, 0.3) is 10.9 Å². The summed E-state index contributed by atoms with van der Waals surface area (Å²) < 4.78 is 1.06. The summed E-state index contributed by atoms with van der Waals surface area (Å²) in [7, 11) is 0. The van der Waals surface area contributed by atoms with Crippen molar-refractivity contribution in [2.45, 2.75) is 6.92 Å². The fourth-order valence-electron chi connectivity index (χ4n) is 2.35. The van der Waals surface area contributed by atoms with Gasteiger partial charge in [0, 0.05) is 10.9 Å². The van der Waals surface area contributed by atoms with Crippen molar-refractivity contribution in [3.8, 4) is 0 Å². The number of benzene rings is 2. The molecule has 0 radical (unpaired) electrons. The second kappa shape index (κ2) is 5.25. The normalized spacial score (nSPS) is 11.8. The van der Waals surface area contributed by atoms with Crippen molar-refractivity contribution in [2.75, 3.05) is 0 Å². The van der Waals surface area contributed by atoms with Gasteiger partial charge in [0.25, 0.3) is 0 Å². The Bertz CT molecular complexity index is 895. The third-order valence-corrected chi connectivity index (χ3v) is 3.41. The molecule has 2 aromatic carbocycles. The standard InChI is InChI=1S/C17H14N2O2/c1-12-5-4-7-13-9-10-16(19(21)17(12)13)18-15-8-3-2-6-14(15)11-20/h2-11,21H,1H3. The van der Waals surface area contributed by atoms with Crippen LogP contribution in [0.15, 0.2) is 59.6 Å². The first-order valence-electron chi connectivity index (χ1n) is 6.60. The van der Waals surface area contributed by atoms with E-state index in [2.05, 4.69) is 4.99 Å². The number of carbonyl (C=O) groups excluding carboxylic acids is 1. The van der Waals surface area contributed by atoms with E-state index < -0.39 is 0 Å². The van der Waals surface area contributed by atoms with Crippen LogP contribution in [0.5, 0.6) is 0 Å². The molecule has 3 aromatic rings. The first kappa shape index (κ1) is 13.1. The average Bonchev–Trinajstić information content (AvgIpc) is 2.50. The Hall–Kier alpha value is -2.88. The molecule has 1 aromatic heterocycles. The molecule has 0 spiro atoms. The summed E-state index contributed by atoms with van der Waals surface area (Å²) in [4.78, 5) is 15.4. The van der Waals surface area contributed by atoms with Gasteiger partial charge in [-0.2, -0.15) is 4.73 Å². The second-order valence-electron chi connectivity index (χ2n) is 4.80. The Morgan fingerprint density at radius 2 is 1.86 bits per heavy atom. The van der Waals surface area contributed by atoms with Crippen LogP contribution in [0.1, 0.15) is 15.9 Å². The minimum atomic E-state index is 0.381. The molecule has 0 saturated heterocycles. The number of hydrogen-bond acceptors (Lipinski definition) is 3. The van der Waals surface area contributed by atoms with Gasteiger partial charge < -0.3 is 5.21 Å². The van der Waals surface area contributed by atoms with Crippen LogP contribution in [0.4, 0.5) is 5.69 Å². The minimum Gasteiger partial charge on any atom is -0.426 e. The molecular weight excluding hydrogens is 264 g/mol. The third-order valence-electron chi connectivity index (χ3n) is 3.41. The zero-order chi connectivity index (χ0) is 14.8. The topological polar surface area (TPSA) is 54.6 Å². The van der Waals surface area contributed by atoms with Crippen molar-refractivity contribution in [3.63, 3.8) is 0 Å². The SMILES string of the molecule is Cc1cccc2ccc(=Nc3ccccc3C=O)n(O)c12. The van der Waals surface area contributed by atoms with E-state index in [0.717, 1.165) is 22.0 Å². The molecule has 0 saturated carbocycles. The van der Waals surface area contributed by atoms with E-state index in [4.69, 9.17) is 0 Å². The predicted octanol–water partition coefficient (Wildman–Crippen LogP) is 3.23. The van der Waals surface area contributed by atoms with Gasteiger partial charge >= 0.3 is 0 Å². The molecule has 0 bridgehead atoms. The van der Waals surface area contributed by atoms with Crippen LogP contribution in [-0.4, -0.2) is 16.2 Å². The number of rotatable bonds is 2. The molecule has 0 unspecified atom stereocenters. The molecular formula is C17H14N2O2. The van der Waals surface area contributed by atoms with Gasteiger partial charge in [0.1, 0.15) is 0 Å². The Morgan fingerprint density at radius 1 is 1.05 bits per heavy atom. The van der Waals surface area contributed by atoms with E-state index in [0.29, 0.717) is 22.3 Å². The summed E-state index contributed by atoms with van der Waals surface area (Å²) in [6.45, 7) is 1.93. The van der Waals surface area contributed by atoms with E-state index in [1.807, 2.05) is 31.2 Å². The largest absolute Gasteiger partial charge is 0.426 e. The van der Waals surface area contributed by atoms with E-state index in [1.54, 1.807) is 30.3 Å². The molecule has 0 aliphatic rings. The molecule has 0 aliphatic carbocycles. The van der Waals surface area contributed by atoms with Crippen LogP contribution >= 0.6 is 0 Å². The molecule has 1 heterocycles. The van der Waals surface area contributed by atoms with Crippen LogP contribution < -0.4 is 5.49 Å². The first-order valence-corrected chi connectivity index (χ1v) is 6.60. The maximum Gasteiger partial charge on any atom is 0.169 e. The molecule has 0 aliphatic heterocycles. The van der Waals surface area contributed by atoms with Gasteiger partial charge in [0.2, 0.25) is 0 Å². The zero-order valence-corrected chi connectivity index (χ0v) is 11.5. The van der Waals surface area contributed by atoms with Crippen LogP contribution in [0.3, 0.4) is 0 Å². The van der Waals surface area contributed by atoms with Gasteiger partial charge in [-0.05, 0) is 36.8 Å². The summed E-state index contributed by atoms with van der Waals surface area (Å²) in [6.07, 6.45) is 0.757. The Morgan fingerprint density at radius 3 is 2.67 bits per heavy atom. The van der Waals surface area contributed by atoms with Crippen molar-refractivity contribution in [2.24, 2.45) is 4.99 Å². The number of carbonyl (C=O) groups is 1. The van der Waals surface area contributed by atoms with Crippen molar-refractivity contribution >= 4 is 22.9 Å². The molecule has 4 nitrogen and oxygen atoms in total. The van der Waals surface area contributed by atoms with Crippen molar-refractivity contribution in [3.05, 3.63) is 71.2 Å². The van der Waals surface area contributed by atoms with Crippen LogP contribution in [0, 0.1) is 6.92 Å². The average molecular weight is 278 g/mol. The third kappa shape index (κ3) is 2.31. The highest BCUT2D eigenvalue weighted by Gasteiger charge is 2.04. The highest BCUT2D eigenvalue weighted by atomic mass is 16.5. The number of nitrogens with zero attached hydrogens (tertiary/aromatic N) is 2. The summed E-state index contributed by atoms with van der Waals surface area (Å²) in [5.74, 6) is 0. The Labute approximate surface area is 121 Å². The second-order valence-corrected chi connectivity index (χ2v) is 4.80. The first-order chi connectivity index (χ1) is 10.2. The highest BCUT2D eigenvalue weighted by molar-refractivity contribution is 5.83. The molecule has 0 atom stereocenters. The fourth-order valence-corrected chi connectivity index (χ4v) is 2.35. The highest BCUT2D eigenvalue weighted by Crippen LogP contribution is 2.17. The molecule has 104 valence electrons. The number of hydrogen-bond donors (Lipinski definition) is 1. The molecule has 4 heteroatoms. The van der Waals surface area contributed by atoms with E-state index in [1.165, 1.54) is 0 Å². The molecule has 3 rings (SSSR count). The summed E-state index contributed by atoms with van der Waals surface area (Å²) in [5, 5.41) is 11.3. The number of aryl methyl sites for hydroxylation is 1. The smallest absolute Gasteiger partial charge is 0.169 e. The van der Waals surface area contributed by atoms with Crippen molar-refractivity contribution in [1.82, 2.24) is 4.73 Å². The lowest BCUT2D eigenvalue weighted by molar-refractivity contribution is 0.112. The molecule has 1 N–H and O–H groups in total. The lowest BCUT2D eigenvalue weighted by Gasteiger charge is -2.07. The van der Waals surface area contributed by atoms with Gasteiger partial charge in [-0.15, -0.1) is 0 Å². The summed E-state index contributed by atoms with van der Waals surface area (Å²) >= 11 is 0. The van der Waals surface area contributed by atoms with Crippen molar-refractivity contribution < 1.29 is 10.0 Å². The number of aldehydes is 1. The zero-order valence-electron chi connectivity index (χ0n) is 11.5. The number of pyridine rings is 1. The molecule has 0 amide bonds. The summed E-state index contributed by atoms with van der Waals surface area (Å²) in [5.41, 5.74) is 3.06. The van der Waals surface area contributed by atoms with Gasteiger partial charge in [-0.25, -0.2) is 4.99 Å². The molecule has 21 heavy (non-hydrogen) atoms. The monoisotopic (exact) mass is 278 g/mol. The number of para-hydroxylation sites is 2. The van der Waals surface area contributed by atoms with Crippen LogP contribution in [-0.2, 0) is 0 Å². The Kier molecular flexibility index (Phi) is 3.28. The maximum atomic E-state index is 11.0. The quantitative estimate of drug-likeness (QED) is 0.578. The van der Waals surface area contributed by atoms with Gasteiger partial charge in [0.05, 0.1) is 11.2 Å². The number of aromatic nitrogens is 1. The maximum absolute atomic E-state index is 11.0. The van der Waals surface area contributed by atoms with E-state index in [-0.39, 0.29) is 0 Å². The van der Waals surface area contributed by atoms with Gasteiger partial charge in [-0.1, -0.05) is 30.3 Å². The lowest BCUT2D eigenvalue weighted by Crippen LogP contribution is -2.18. The van der Waals surface area contributed by atoms with Gasteiger partial charge in [0.15, 0.2) is 11.8 Å². The molecule has 0 fully saturated rings. The van der Waals surface area contributed by atoms with Gasteiger partial charge in [-0.3, -0.25) is 4.79 Å². The lowest BCUT2D eigenvalue weighted by atomic mass is 10.1. The minimum absolute atomic E-state index is 0.381. The summed E-state index contributed by atoms with van der Waals surface area (Å²) in [6, 6.07) is 16.4. The fraction of sp³-hybridized carbons (Fsp3) is 0.0588. The number of fused-ring (bicyclic) bond motifs is 1. The van der Waals surface area contributed by atoms with E-state index in [9.17, 15) is 10.0 Å². The van der Waals surface area contributed by atoms with Crippen molar-refractivity contribution in [1.29, 1.82) is 0 Å².